The van der Waals surface area contributed by atoms with Gasteiger partial charge in [0.1, 0.15) is 5.82 Å². The second kappa shape index (κ2) is 9.71. The highest BCUT2D eigenvalue weighted by molar-refractivity contribution is 5.57. The Morgan fingerprint density at radius 3 is 2.54 bits per heavy atom. The molecule has 0 bridgehead atoms. The molecule has 1 aromatic carbocycles. The number of aromatic nitrogens is 2. The van der Waals surface area contributed by atoms with E-state index >= 15 is 0 Å². The first-order valence-corrected chi connectivity index (χ1v) is 10.2. The lowest BCUT2D eigenvalue weighted by Gasteiger charge is -2.27. The predicted octanol–water partition coefficient (Wildman–Crippen LogP) is 1.84. The molecule has 2 aromatic rings. The van der Waals surface area contributed by atoms with Gasteiger partial charge in [-0.25, -0.2) is 4.79 Å². The van der Waals surface area contributed by atoms with Crippen molar-refractivity contribution in [2.24, 2.45) is 0 Å². The van der Waals surface area contributed by atoms with Crippen molar-refractivity contribution < 1.29 is 0 Å². The summed E-state index contributed by atoms with van der Waals surface area (Å²) in [6.45, 7) is 9.86. The van der Waals surface area contributed by atoms with Crippen LogP contribution in [0.3, 0.4) is 0 Å². The van der Waals surface area contributed by atoms with Crippen LogP contribution < -0.4 is 21.9 Å². The van der Waals surface area contributed by atoms with Crippen LogP contribution in [0.4, 0.5) is 11.5 Å². The molecule has 0 saturated carbocycles. The number of hydrogen-bond donors (Lipinski definition) is 3. The van der Waals surface area contributed by atoms with Gasteiger partial charge in [0.05, 0.1) is 0 Å². The van der Waals surface area contributed by atoms with E-state index in [9.17, 15) is 9.59 Å². The van der Waals surface area contributed by atoms with Crippen molar-refractivity contribution in [3.8, 4) is 0 Å². The fourth-order valence-electron chi connectivity index (χ4n) is 3.63. The molecule has 2 heterocycles. The first-order chi connectivity index (χ1) is 13.6. The molecule has 1 aromatic heterocycles. The SMILES string of the molecule is CCc1cc(Nc2cc(=O)n(CCCCN3CCNCC3)c(=O)[nH]2)ccc1C. The molecule has 0 radical (unpaired) electrons. The van der Waals surface area contributed by atoms with E-state index in [0.29, 0.717) is 12.4 Å². The van der Waals surface area contributed by atoms with Gasteiger partial charge in [0.15, 0.2) is 0 Å². The van der Waals surface area contributed by atoms with E-state index in [-0.39, 0.29) is 11.2 Å². The van der Waals surface area contributed by atoms with Crippen LogP contribution in [-0.4, -0.2) is 47.2 Å². The van der Waals surface area contributed by atoms with Gasteiger partial charge in [-0.2, -0.15) is 0 Å². The van der Waals surface area contributed by atoms with E-state index in [2.05, 4.69) is 40.4 Å². The van der Waals surface area contributed by atoms with Crippen molar-refractivity contribution in [1.82, 2.24) is 19.8 Å². The van der Waals surface area contributed by atoms with Crippen LogP contribution in [0.1, 0.15) is 30.9 Å². The lowest BCUT2D eigenvalue weighted by molar-refractivity contribution is 0.235. The molecule has 1 fully saturated rings. The summed E-state index contributed by atoms with van der Waals surface area (Å²) in [4.78, 5) is 30.0. The number of aromatic amines is 1. The lowest BCUT2D eigenvalue weighted by Crippen LogP contribution is -2.43. The summed E-state index contributed by atoms with van der Waals surface area (Å²) in [5.41, 5.74) is 2.71. The highest BCUT2D eigenvalue weighted by Gasteiger charge is 2.09. The Balaban J connectivity index is 1.59. The Kier molecular flexibility index (Phi) is 7.06. The van der Waals surface area contributed by atoms with Gasteiger partial charge in [0, 0.05) is 44.5 Å². The van der Waals surface area contributed by atoms with E-state index in [4.69, 9.17) is 0 Å². The second-order valence-corrected chi connectivity index (χ2v) is 7.40. The molecular weight excluding hydrogens is 354 g/mol. The number of rotatable bonds is 8. The highest BCUT2D eigenvalue weighted by atomic mass is 16.2. The largest absolute Gasteiger partial charge is 0.342 e. The Morgan fingerprint density at radius 2 is 1.82 bits per heavy atom. The summed E-state index contributed by atoms with van der Waals surface area (Å²) in [5, 5.41) is 6.48. The van der Waals surface area contributed by atoms with Gasteiger partial charge >= 0.3 is 5.69 Å². The van der Waals surface area contributed by atoms with Crippen molar-refractivity contribution in [2.45, 2.75) is 39.7 Å². The molecule has 3 rings (SSSR count). The van der Waals surface area contributed by atoms with E-state index in [1.165, 1.54) is 21.8 Å². The molecule has 0 atom stereocenters. The molecule has 1 aliphatic rings. The lowest BCUT2D eigenvalue weighted by atomic mass is 10.1. The molecular formula is C21H31N5O2. The third-order valence-electron chi connectivity index (χ3n) is 5.35. The Hall–Kier alpha value is -2.38. The maximum Gasteiger partial charge on any atom is 0.329 e. The molecule has 28 heavy (non-hydrogen) atoms. The molecule has 0 spiro atoms. The van der Waals surface area contributed by atoms with Gasteiger partial charge < -0.3 is 15.5 Å². The van der Waals surface area contributed by atoms with Crippen LogP contribution in [0.25, 0.3) is 0 Å². The zero-order valence-corrected chi connectivity index (χ0v) is 16.9. The van der Waals surface area contributed by atoms with E-state index < -0.39 is 0 Å². The van der Waals surface area contributed by atoms with Crippen LogP contribution in [0.5, 0.6) is 0 Å². The molecule has 3 N–H and O–H groups in total. The molecule has 0 unspecified atom stereocenters. The number of unbranched alkanes of at least 4 members (excludes halogenated alkanes) is 1. The number of hydrogen-bond acceptors (Lipinski definition) is 5. The number of anilines is 2. The predicted molar refractivity (Wildman–Crippen MR) is 114 cm³/mol. The summed E-state index contributed by atoms with van der Waals surface area (Å²) in [6.07, 6.45) is 2.74. The van der Waals surface area contributed by atoms with Crippen LogP contribution in [-0.2, 0) is 13.0 Å². The van der Waals surface area contributed by atoms with Crippen LogP contribution >= 0.6 is 0 Å². The normalized spacial score (nSPS) is 14.9. The number of nitrogens with zero attached hydrogens (tertiary/aromatic N) is 2. The van der Waals surface area contributed by atoms with Gasteiger partial charge in [-0.15, -0.1) is 0 Å². The van der Waals surface area contributed by atoms with Crippen molar-refractivity contribution >= 4 is 11.5 Å². The van der Waals surface area contributed by atoms with Gasteiger partial charge in [-0.3, -0.25) is 14.3 Å². The van der Waals surface area contributed by atoms with Crippen molar-refractivity contribution in [2.75, 3.05) is 38.0 Å². The standard InChI is InChI=1S/C21H31N5O2/c1-3-17-14-18(7-6-16(17)2)23-19-15-20(27)26(21(28)24-19)11-5-4-10-25-12-8-22-9-13-25/h6-7,14-15,22-23H,3-5,8-13H2,1-2H3,(H,24,28). The number of nitrogens with one attached hydrogen (secondary N) is 3. The minimum Gasteiger partial charge on any atom is -0.342 e. The number of piperazine rings is 1. The van der Waals surface area contributed by atoms with Crippen LogP contribution in [0.2, 0.25) is 0 Å². The Bertz CT molecular complexity index is 865. The number of aryl methyl sites for hydroxylation is 2. The van der Waals surface area contributed by atoms with Crippen molar-refractivity contribution in [1.29, 1.82) is 0 Å². The van der Waals surface area contributed by atoms with Gasteiger partial charge in [-0.05, 0) is 56.0 Å². The maximum atomic E-state index is 12.4. The number of benzene rings is 1. The molecule has 1 saturated heterocycles. The maximum absolute atomic E-state index is 12.4. The smallest absolute Gasteiger partial charge is 0.329 e. The molecule has 152 valence electrons. The first kappa shape index (κ1) is 20.4. The summed E-state index contributed by atoms with van der Waals surface area (Å²) < 4.78 is 1.29. The minimum atomic E-state index is -0.361. The molecule has 1 aliphatic heterocycles. The van der Waals surface area contributed by atoms with Gasteiger partial charge in [-0.1, -0.05) is 13.0 Å². The van der Waals surface area contributed by atoms with E-state index in [1.807, 2.05) is 12.1 Å². The Morgan fingerprint density at radius 1 is 1.07 bits per heavy atom. The van der Waals surface area contributed by atoms with Crippen molar-refractivity contribution in [3.63, 3.8) is 0 Å². The summed E-state index contributed by atoms with van der Waals surface area (Å²) in [7, 11) is 0. The second-order valence-electron chi connectivity index (χ2n) is 7.40. The average molecular weight is 386 g/mol. The minimum absolute atomic E-state index is 0.267. The third-order valence-corrected chi connectivity index (χ3v) is 5.35. The highest BCUT2D eigenvalue weighted by Crippen LogP contribution is 2.18. The zero-order valence-electron chi connectivity index (χ0n) is 16.9. The summed E-state index contributed by atoms with van der Waals surface area (Å²) in [6, 6.07) is 7.51. The molecule has 7 nitrogen and oxygen atoms in total. The fourth-order valence-corrected chi connectivity index (χ4v) is 3.63. The Labute approximate surface area is 165 Å². The quantitative estimate of drug-likeness (QED) is 0.604. The van der Waals surface area contributed by atoms with Gasteiger partial charge in [0.25, 0.3) is 5.56 Å². The summed E-state index contributed by atoms with van der Waals surface area (Å²) in [5.74, 6) is 0.429. The van der Waals surface area contributed by atoms with Crippen LogP contribution in [0.15, 0.2) is 33.9 Å². The van der Waals surface area contributed by atoms with E-state index in [0.717, 1.165) is 57.7 Å². The monoisotopic (exact) mass is 385 g/mol. The fraction of sp³-hybridized carbons (Fsp3) is 0.524. The average Bonchev–Trinajstić information content (AvgIpc) is 2.69. The zero-order chi connectivity index (χ0) is 19.9. The van der Waals surface area contributed by atoms with Crippen LogP contribution in [0, 0.1) is 6.92 Å². The van der Waals surface area contributed by atoms with Gasteiger partial charge in [0.2, 0.25) is 0 Å². The molecule has 7 heteroatoms. The molecule has 0 amide bonds. The van der Waals surface area contributed by atoms with E-state index in [1.54, 1.807) is 0 Å². The number of H-pyrrole nitrogens is 1. The summed E-state index contributed by atoms with van der Waals surface area (Å²) >= 11 is 0. The third kappa shape index (κ3) is 5.33. The molecule has 0 aliphatic carbocycles. The first-order valence-electron chi connectivity index (χ1n) is 10.2. The van der Waals surface area contributed by atoms with Crippen molar-refractivity contribution in [3.05, 3.63) is 56.2 Å². The topological polar surface area (TPSA) is 82.2 Å².